The minimum absolute atomic E-state index is 0.0205. The predicted octanol–water partition coefficient (Wildman–Crippen LogP) is 7.52. The average molecular weight is 644 g/mol. The van der Waals surface area contributed by atoms with E-state index in [9.17, 15) is 21.6 Å². The first-order valence-electron chi connectivity index (χ1n) is 13.0. The van der Waals surface area contributed by atoms with Gasteiger partial charge in [-0.05, 0) is 72.5 Å². The van der Waals surface area contributed by atoms with Crippen molar-refractivity contribution in [1.29, 1.82) is 0 Å². The molecule has 3 rings (SSSR count). The van der Waals surface area contributed by atoms with E-state index < -0.39 is 26.0 Å². The number of carbonyl (C=O) groups excluding carboxylic acids is 1. The van der Waals surface area contributed by atoms with E-state index in [1.54, 1.807) is 0 Å². The molecular weight excluding hydrogens is 611 g/mol. The van der Waals surface area contributed by atoms with Gasteiger partial charge in [-0.1, -0.05) is 63.7 Å². The van der Waals surface area contributed by atoms with Crippen LogP contribution in [0.2, 0.25) is 10.0 Å². The molecule has 0 aliphatic rings. The fourth-order valence-electron chi connectivity index (χ4n) is 3.34. The molecule has 0 aliphatic carbocycles. The van der Waals surface area contributed by atoms with Crippen LogP contribution < -0.4 is 4.74 Å². The summed E-state index contributed by atoms with van der Waals surface area (Å²) in [6.45, 7) is 7.55. The molecular formula is C29H32Cl2O8S2. The molecule has 0 saturated carbocycles. The second-order valence-electron chi connectivity index (χ2n) is 9.69. The monoisotopic (exact) mass is 642 g/mol. The van der Waals surface area contributed by atoms with E-state index in [-0.39, 0.29) is 67.5 Å². The molecule has 12 heteroatoms. The SMILES string of the molecule is CCC(C)COS(=O)(=O)c1ccc(Oc2ccc(C(=O)c3cc(Cl)ccc3Cl)cc2S(=O)(=O)OCC(C)CC)cc1. The first kappa shape index (κ1) is 33.0. The smallest absolute Gasteiger partial charge is 0.300 e. The summed E-state index contributed by atoms with van der Waals surface area (Å²) >= 11 is 12.2. The third-order valence-corrected chi connectivity index (χ3v) is 9.56. The number of halogens is 2. The molecule has 2 atom stereocenters. The molecule has 0 radical (unpaired) electrons. The number of rotatable bonds is 14. The van der Waals surface area contributed by atoms with E-state index in [0.717, 1.165) is 12.5 Å². The summed E-state index contributed by atoms with van der Waals surface area (Å²) in [5.74, 6) is -0.483. The number of hydrogen-bond acceptors (Lipinski definition) is 8. The molecule has 0 bridgehead atoms. The van der Waals surface area contributed by atoms with Gasteiger partial charge in [-0.15, -0.1) is 0 Å². The van der Waals surface area contributed by atoms with Crippen molar-refractivity contribution < 1.29 is 34.7 Å². The third kappa shape index (κ3) is 8.76. The third-order valence-electron chi connectivity index (χ3n) is 6.40. The van der Waals surface area contributed by atoms with Gasteiger partial charge in [0, 0.05) is 16.1 Å². The van der Waals surface area contributed by atoms with Gasteiger partial charge >= 0.3 is 10.1 Å². The quantitative estimate of drug-likeness (QED) is 0.131. The maximum atomic E-state index is 13.3. The molecule has 0 aromatic heterocycles. The van der Waals surface area contributed by atoms with Crippen LogP contribution >= 0.6 is 23.2 Å². The molecule has 8 nitrogen and oxygen atoms in total. The van der Waals surface area contributed by atoms with Gasteiger partial charge in [0.15, 0.2) is 5.78 Å². The maximum absolute atomic E-state index is 13.3. The highest BCUT2D eigenvalue weighted by atomic mass is 35.5. The Labute approximate surface area is 251 Å². The number of hydrogen-bond donors (Lipinski definition) is 0. The van der Waals surface area contributed by atoms with Crippen molar-refractivity contribution in [2.24, 2.45) is 11.8 Å². The van der Waals surface area contributed by atoms with Crippen LogP contribution in [0, 0.1) is 11.8 Å². The lowest BCUT2D eigenvalue weighted by atomic mass is 10.0. The number of ether oxygens (including phenoxy) is 1. The van der Waals surface area contributed by atoms with Crippen molar-refractivity contribution >= 4 is 49.2 Å². The fraction of sp³-hybridized carbons (Fsp3) is 0.345. The molecule has 0 N–H and O–H groups in total. The summed E-state index contributed by atoms with van der Waals surface area (Å²) in [5.41, 5.74) is 0.121. The minimum atomic E-state index is -4.37. The van der Waals surface area contributed by atoms with Gasteiger partial charge in [-0.25, -0.2) is 0 Å². The Kier molecular flexibility index (Phi) is 11.4. The molecule has 3 aromatic rings. The van der Waals surface area contributed by atoms with Crippen molar-refractivity contribution in [2.75, 3.05) is 13.2 Å². The molecule has 0 spiro atoms. The first-order valence-corrected chi connectivity index (χ1v) is 16.5. The Morgan fingerprint density at radius 1 is 0.780 bits per heavy atom. The van der Waals surface area contributed by atoms with Crippen molar-refractivity contribution in [3.05, 3.63) is 81.8 Å². The summed E-state index contributed by atoms with van der Waals surface area (Å²) in [4.78, 5) is 12.8. The van der Waals surface area contributed by atoms with Crippen LogP contribution in [-0.2, 0) is 28.6 Å². The summed E-state index contributed by atoms with van der Waals surface area (Å²) in [5, 5.41) is 0.443. The van der Waals surface area contributed by atoms with Gasteiger partial charge in [-0.2, -0.15) is 16.8 Å². The Bertz CT molecular complexity index is 1590. The van der Waals surface area contributed by atoms with Crippen molar-refractivity contribution in [2.45, 2.75) is 50.3 Å². The lowest BCUT2D eigenvalue weighted by Crippen LogP contribution is -2.14. The number of ketones is 1. The van der Waals surface area contributed by atoms with Crippen LogP contribution in [0.3, 0.4) is 0 Å². The normalized spacial score (nSPS) is 13.5. The van der Waals surface area contributed by atoms with Crippen LogP contribution in [0.4, 0.5) is 0 Å². The Morgan fingerprint density at radius 2 is 1.37 bits per heavy atom. The van der Waals surface area contributed by atoms with Crippen LogP contribution in [0.25, 0.3) is 0 Å². The highest BCUT2D eigenvalue weighted by Crippen LogP contribution is 2.33. The predicted molar refractivity (Wildman–Crippen MR) is 158 cm³/mol. The van der Waals surface area contributed by atoms with Crippen molar-refractivity contribution in [1.82, 2.24) is 0 Å². The Balaban J connectivity index is 1.97. The second-order valence-corrected chi connectivity index (χ2v) is 13.7. The summed E-state index contributed by atoms with van der Waals surface area (Å²) in [6, 6.07) is 13.6. The van der Waals surface area contributed by atoms with E-state index in [1.807, 2.05) is 27.7 Å². The van der Waals surface area contributed by atoms with Crippen LogP contribution in [0.5, 0.6) is 11.5 Å². The van der Waals surface area contributed by atoms with E-state index in [2.05, 4.69) is 0 Å². The topological polar surface area (TPSA) is 113 Å². The standard InChI is InChI=1S/C29H32Cl2O8S2/c1-5-19(3)17-37-40(33,34)24-11-9-23(10-12-24)39-27-14-7-21(29(32)25-16-22(30)8-13-26(25)31)15-28(27)41(35,36)38-18-20(4)6-2/h7-16,19-20H,5-6,17-18H2,1-4H3. The van der Waals surface area contributed by atoms with Gasteiger partial charge < -0.3 is 4.74 Å². The molecule has 2 unspecified atom stereocenters. The molecule has 222 valence electrons. The van der Waals surface area contributed by atoms with Gasteiger partial charge in [0.05, 0.1) is 23.1 Å². The van der Waals surface area contributed by atoms with E-state index >= 15 is 0 Å². The zero-order valence-electron chi connectivity index (χ0n) is 23.1. The first-order chi connectivity index (χ1) is 19.3. The Hall–Kier alpha value is -2.47. The summed E-state index contributed by atoms with van der Waals surface area (Å²) in [7, 11) is -8.36. The summed E-state index contributed by atoms with van der Waals surface area (Å²) in [6.07, 6.45) is 1.46. The van der Waals surface area contributed by atoms with E-state index in [0.29, 0.717) is 6.42 Å². The zero-order chi connectivity index (χ0) is 30.4. The largest absolute Gasteiger partial charge is 0.456 e. The van der Waals surface area contributed by atoms with Crippen molar-refractivity contribution in [3.8, 4) is 11.5 Å². The molecule has 0 amide bonds. The lowest BCUT2D eigenvalue weighted by Gasteiger charge is -2.15. The van der Waals surface area contributed by atoms with E-state index in [1.165, 1.54) is 54.6 Å². The molecule has 41 heavy (non-hydrogen) atoms. The van der Waals surface area contributed by atoms with Crippen LogP contribution in [0.1, 0.15) is 56.5 Å². The van der Waals surface area contributed by atoms with Crippen molar-refractivity contribution in [3.63, 3.8) is 0 Å². The van der Waals surface area contributed by atoms with E-state index in [4.69, 9.17) is 36.3 Å². The molecule has 0 heterocycles. The van der Waals surface area contributed by atoms with Gasteiger partial charge in [0.25, 0.3) is 10.1 Å². The average Bonchev–Trinajstić information content (AvgIpc) is 2.96. The maximum Gasteiger partial charge on any atom is 0.300 e. The molecule has 0 fully saturated rings. The highest BCUT2D eigenvalue weighted by molar-refractivity contribution is 7.87. The fourth-order valence-corrected chi connectivity index (χ4v) is 5.89. The highest BCUT2D eigenvalue weighted by Gasteiger charge is 2.26. The molecule has 0 aliphatic heterocycles. The Morgan fingerprint density at radius 3 is 1.95 bits per heavy atom. The van der Waals surface area contributed by atoms with Crippen LogP contribution in [-0.4, -0.2) is 35.8 Å². The second kappa shape index (κ2) is 14.1. The van der Waals surface area contributed by atoms with Gasteiger partial charge in [0.1, 0.15) is 16.4 Å². The van der Waals surface area contributed by atoms with Gasteiger partial charge in [0.2, 0.25) is 0 Å². The van der Waals surface area contributed by atoms with Gasteiger partial charge in [-0.3, -0.25) is 13.2 Å². The molecule has 0 saturated heterocycles. The lowest BCUT2D eigenvalue weighted by molar-refractivity contribution is 0.103. The van der Waals surface area contributed by atoms with Crippen LogP contribution in [0.15, 0.2) is 70.5 Å². The summed E-state index contributed by atoms with van der Waals surface area (Å²) < 4.78 is 67.8. The minimum Gasteiger partial charge on any atom is -0.456 e. The number of carbonyl (C=O) groups is 1. The zero-order valence-corrected chi connectivity index (χ0v) is 26.2. The number of benzene rings is 3. The molecule has 3 aromatic carbocycles.